The summed E-state index contributed by atoms with van der Waals surface area (Å²) >= 11 is 0. The smallest absolute Gasteiger partial charge is 0.0457 e. The van der Waals surface area contributed by atoms with Crippen LogP contribution >= 0.6 is 0 Å². The fourth-order valence-corrected chi connectivity index (χ4v) is 2.09. The Kier molecular flexibility index (Phi) is 3.53. The summed E-state index contributed by atoms with van der Waals surface area (Å²) in [4.78, 5) is 3.32. The van der Waals surface area contributed by atoms with Crippen LogP contribution in [0.2, 0.25) is 0 Å². The molecule has 2 N–H and O–H groups in total. The number of fused-ring (bicyclic) bond motifs is 1. The average molecular weight is 230 g/mol. The average Bonchev–Trinajstić information content (AvgIpc) is 2.79. The molecular weight excluding hydrogens is 208 g/mol. The van der Waals surface area contributed by atoms with E-state index < -0.39 is 0 Å². The zero-order valence-corrected chi connectivity index (χ0v) is 11.0. The van der Waals surface area contributed by atoms with Gasteiger partial charge < -0.3 is 10.3 Å². The van der Waals surface area contributed by atoms with Gasteiger partial charge in [-0.15, -0.1) is 0 Å². The van der Waals surface area contributed by atoms with E-state index in [1.54, 1.807) is 0 Å². The molecule has 0 amide bonds. The van der Waals surface area contributed by atoms with E-state index in [4.69, 9.17) is 0 Å². The minimum absolute atomic E-state index is 0.248. The SMILES string of the molecule is CCC(C)(CC)NCc1c[nH]c2ccccc12. The summed E-state index contributed by atoms with van der Waals surface area (Å²) in [7, 11) is 0. The van der Waals surface area contributed by atoms with E-state index in [0.717, 1.165) is 19.4 Å². The van der Waals surface area contributed by atoms with E-state index >= 15 is 0 Å². The molecule has 0 atom stereocenters. The van der Waals surface area contributed by atoms with Crippen LogP contribution in [0, 0.1) is 0 Å². The van der Waals surface area contributed by atoms with Crippen LogP contribution in [0.15, 0.2) is 30.5 Å². The van der Waals surface area contributed by atoms with Gasteiger partial charge in [-0.05, 0) is 31.4 Å². The number of H-pyrrole nitrogens is 1. The summed E-state index contributed by atoms with van der Waals surface area (Å²) in [5, 5.41) is 5.00. The van der Waals surface area contributed by atoms with E-state index in [1.807, 2.05) is 0 Å². The first-order valence-corrected chi connectivity index (χ1v) is 6.48. The highest BCUT2D eigenvalue weighted by Gasteiger charge is 2.18. The van der Waals surface area contributed by atoms with Crippen LogP contribution in [-0.2, 0) is 6.54 Å². The molecule has 17 heavy (non-hydrogen) atoms. The molecule has 0 fully saturated rings. The molecule has 0 spiro atoms. The predicted octanol–water partition coefficient (Wildman–Crippen LogP) is 3.84. The molecule has 0 bridgehead atoms. The fraction of sp³-hybridized carbons (Fsp3) is 0.467. The first-order valence-electron chi connectivity index (χ1n) is 6.48. The van der Waals surface area contributed by atoms with Crippen molar-refractivity contribution in [3.05, 3.63) is 36.0 Å². The van der Waals surface area contributed by atoms with E-state index in [9.17, 15) is 0 Å². The Morgan fingerprint density at radius 2 is 1.88 bits per heavy atom. The van der Waals surface area contributed by atoms with Crippen LogP contribution < -0.4 is 5.32 Å². The number of hydrogen-bond donors (Lipinski definition) is 2. The van der Waals surface area contributed by atoms with Crippen molar-refractivity contribution in [3.8, 4) is 0 Å². The molecule has 0 radical (unpaired) electrons. The highest BCUT2D eigenvalue weighted by molar-refractivity contribution is 5.82. The molecule has 0 aliphatic heterocycles. The molecule has 1 aromatic carbocycles. The Morgan fingerprint density at radius 1 is 1.18 bits per heavy atom. The molecule has 0 saturated heterocycles. The first-order chi connectivity index (χ1) is 8.18. The molecule has 2 aromatic rings. The number of para-hydroxylation sites is 1. The topological polar surface area (TPSA) is 27.8 Å². The van der Waals surface area contributed by atoms with E-state index in [-0.39, 0.29) is 5.54 Å². The lowest BCUT2D eigenvalue weighted by atomic mass is 9.95. The largest absolute Gasteiger partial charge is 0.361 e. The third-order valence-electron chi connectivity index (χ3n) is 3.94. The second kappa shape index (κ2) is 4.92. The molecule has 2 rings (SSSR count). The molecular formula is C15H22N2. The second-order valence-electron chi connectivity index (χ2n) is 4.98. The van der Waals surface area contributed by atoms with Gasteiger partial charge in [0.1, 0.15) is 0 Å². The van der Waals surface area contributed by atoms with Gasteiger partial charge in [0.25, 0.3) is 0 Å². The summed E-state index contributed by atoms with van der Waals surface area (Å²) in [5.74, 6) is 0. The number of aromatic nitrogens is 1. The van der Waals surface area contributed by atoms with Crippen LogP contribution in [0.25, 0.3) is 10.9 Å². The zero-order valence-electron chi connectivity index (χ0n) is 11.0. The molecule has 0 aliphatic rings. The van der Waals surface area contributed by atoms with Crippen LogP contribution in [0.5, 0.6) is 0 Å². The number of hydrogen-bond acceptors (Lipinski definition) is 1. The quantitative estimate of drug-likeness (QED) is 0.802. The molecule has 2 nitrogen and oxygen atoms in total. The molecule has 2 heteroatoms. The van der Waals surface area contributed by atoms with Gasteiger partial charge in [0.2, 0.25) is 0 Å². The lowest BCUT2D eigenvalue weighted by Crippen LogP contribution is -2.40. The maximum Gasteiger partial charge on any atom is 0.0457 e. The highest BCUT2D eigenvalue weighted by Crippen LogP contribution is 2.20. The van der Waals surface area contributed by atoms with Gasteiger partial charge in [-0.3, -0.25) is 0 Å². The van der Waals surface area contributed by atoms with Gasteiger partial charge in [0.15, 0.2) is 0 Å². The van der Waals surface area contributed by atoms with E-state index in [2.05, 4.69) is 61.5 Å². The third-order valence-corrected chi connectivity index (χ3v) is 3.94. The molecule has 0 saturated carbocycles. The number of rotatable bonds is 5. The monoisotopic (exact) mass is 230 g/mol. The third kappa shape index (κ3) is 2.52. The number of nitrogens with one attached hydrogen (secondary N) is 2. The van der Waals surface area contributed by atoms with Gasteiger partial charge in [-0.1, -0.05) is 32.0 Å². The van der Waals surface area contributed by atoms with Gasteiger partial charge in [0.05, 0.1) is 0 Å². The van der Waals surface area contributed by atoms with Crippen molar-refractivity contribution in [2.45, 2.75) is 45.7 Å². The fourth-order valence-electron chi connectivity index (χ4n) is 2.09. The highest BCUT2D eigenvalue weighted by atomic mass is 15.0. The van der Waals surface area contributed by atoms with E-state index in [1.165, 1.54) is 16.5 Å². The molecule has 1 heterocycles. The Hall–Kier alpha value is -1.28. The predicted molar refractivity (Wildman–Crippen MR) is 74.1 cm³/mol. The summed E-state index contributed by atoms with van der Waals surface area (Å²) in [6.45, 7) is 7.71. The molecule has 1 aromatic heterocycles. The van der Waals surface area contributed by atoms with Crippen molar-refractivity contribution in [2.24, 2.45) is 0 Å². The van der Waals surface area contributed by atoms with Gasteiger partial charge in [-0.25, -0.2) is 0 Å². The molecule has 92 valence electrons. The summed E-state index contributed by atoms with van der Waals surface area (Å²) in [6.07, 6.45) is 4.43. The maximum atomic E-state index is 3.67. The Labute approximate surface area is 103 Å². The first kappa shape index (κ1) is 12.2. The summed E-state index contributed by atoms with van der Waals surface area (Å²) in [5.41, 5.74) is 2.82. The van der Waals surface area contributed by atoms with Crippen molar-refractivity contribution < 1.29 is 0 Å². The van der Waals surface area contributed by atoms with Gasteiger partial charge in [0, 0.05) is 29.2 Å². The van der Waals surface area contributed by atoms with Gasteiger partial charge >= 0.3 is 0 Å². The van der Waals surface area contributed by atoms with Crippen LogP contribution in [0.4, 0.5) is 0 Å². The van der Waals surface area contributed by atoms with E-state index in [0.29, 0.717) is 0 Å². The normalized spacial score (nSPS) is 12.2. The van der Waals surface area contributed by atoms with Gasteiger partial charge in [-0.2, -0.15) is 0 Å². The number of benzene rings is 1. The van der Waals surface area contributed by atoms with Crippen LogP contribution in [-0.4, -0.2) is 10.5 Å². The standard InChI is InChI=1S/C15H22N2/c1-4-15(3,5-2)17-11-12-10-16-14-9-7-6-8-13(12)14/h6-10,16-17H,4-5,11H2,1-3H3. The van der Waals surface area contributed by atoms with Crippen LogP contribution in [0.1, 0.15) is 39.2 Å². The lowest BCUT2D eigenvalue weighted by molar-refractivity contribution is 0.330. The van der Waals surface area contributed by atoms with Crippen molar-refractivity contribution in [1.29, 1.82) is 0 Å². The minimum atomic E-state index is 0.248. The summed E-state index contributed by atoms with van der Waals surface area (Å²) < 4.78 is 0. The lowest BCUT2D eigenvalue weighted by Gasteiger charge is -2.28. The van der Waals surface area contributed by atoms with Crippen molar-refractivity contribution >= 4 is 10.9 Å². The summed E-state index contributed by atoms with van der Waals surface area (Å²) in [6, 6.07) is 8.46. The minimum Gasteiger partial charge on any atom is -0.361 e. The van der Waals surface area contributed by atoms with Crippen LogP contribution in [0.3, 0.4) is 0 Å². The van der Waals surface area contributed by atoms with Crippen molar-refractivity contribution in [2.75, 3.05) is 0 Å². The number of aromatic amines is 1. The van der Waals surface area contributed by atoms with Crippen molar-refractivity contribution in [3.63, 3.8) is 0 Å². The van der Waals surface area contributed by atoms with Crippen molar-refractivity contribution in [1.82, 2.24) is 10.3 Å². The zero-order chi connectivity index (χ0) is 12.3. The second-order valence-corrected chi connectivity index (χ2v) is 4.98. The maximum absolute atomic E-state index is 3.67. The Balaban J connectivity index is 2.14. The Morgan fingerprint density at radius 3 is 2.59 bits per heavy atom. The molecule has 0 unspecified atom stereocenters. The Bertz CT molecular complexity index is 480. The molecule has 0 aliphatic carbocycles.